The summed E-state index contributed by atoms with van der Waals surface area (Å²) >= 11 is 11.9. The van der Waals surface area contributed by atoms with Crippen molar-refractivity contribution in [3.05, 3.63) is 117 Å². The number of methoxy groups -OCH3 is 1. The minimum absolute atomic E-state index is 0.0597. The molecule has 308 valence electrons. The highest BCUT2D eigenvalue weighted by atomic mass is 35.5. The first kappa shape index (κ1) is 43.9. The number of ether oxygens (including phenoxy) is 1. The fourth-order valence-corrected chi connectivity index (χ4v) is 6.41. The van der Waals surface area contributed by atoms with Crippen LogP contribution in [0.5, 0.6) is 0 Å². The largest absolute Gasteiger partial charge is 0.465 e. The van der Waals surface area contributed by atoms with E-state index in [4.69, 9.17) is 28.9 Å². The maximum atomic E-state index is 13.6. The van der Waals surface area contributed by atoms with Gasteiger partial charge in [0.05, 0.1) is 53.7 Å². The summed E-state index contributed by atoms with van der Waals surface area (Å²) in [5.74, 6) is -1.80. The van der Waals surface area contributed by atoms with Crippen molar-refractivity contribution < 1.29 is 32.7 Å². The van der Waals surface area contributed by atoms with Crippen LogP contribution in [0.3, 0.4) is 0 Å². The summed E-state index contributed by atoms with van der Waals surface area (Å²) in [6, 6.07) is 14.5. The quantitative estimate of drug-likeness (QED) is 0.171. The third-order valence-corrected chi connectivity index (χ3v) is 10.2. The van der Waals surface area contributed by atoms with Gasteiger partial charge in [-0.15, -0.1) is 0 Å². The number of amides is 4. The van der Waals surface area contributed by atoms with Crippen LogP contribution >= 0.6 is 23.2 Å². The molecule has 58 heavy (non-hydrogen) atoms. The number of esters is 1. The van der Waals surface area contributed by atoms with Gasteiger partial charge in [-0.3, -0.25) is 24.6 Å². The SMILES string of the molecule is CN1CCN(C(=O)N(Cc2ccc(C(=O)CN)cn2)c2ccc(F)c(Cl)c2)CC1.COC(=O)c1ccc(CN(C(=O)N2CCN(C)CC2)c2ccc(F)c(Cl)c2)nc1. The van der Waals surface area contributed by atoms with E-state index in [0.717, 1.165) is 26.2 Å². The number of nitrogens with zero attached hydrogens (tertiary/aromatic N) is 8. The van der Waals surface area contributed by atoms with E-state index >= 15 is 0 Å². The van der Waals surface area contributed by atoms with Gasteiger partial charge in [0.2, 0.25) is 0 Å². The Balaban J connectivity index is 0.000000221. The second-order valence-electron chi connectivity index (χ2n) is 13.7. The molecule has 0 saturated carbocycles. The second kappa shape index (κ2) is 20.4. The number of anilines is 2. The third-order valence-electron chi connectivity index (χ3n) is 9.66. The van der Waals surface area contributed by atoms with Gasteiger partial charge in [0.25, 0.3) is 0 Å². The van der Waals surface area contributed by atoms with Crippen LogP contribution in [-0.4, -0.2) is 133 Å². The van der Waals surface area contributed by atoms with Crippen LogP contribution in [0.1, 0.15) is 32.1 Å². The first-order chi connectivity index (χ1) is 27.8. The molecule has 4 aromatic rings. The normalized spacial score (nSPS) is 14.6. The molecule has 0 bridgehead atoms. The van der Waals surface area contributed by atoms with Gasteiger partial charge >= 0.3 is 18.0 Å². The average Bonchev–Trinajstić information content (AvgIpc) is 3.24. The summed E-state index contributed by atoms with van der Waals surface area (Å²) in [6.45, 7) is 5.69. The van der Waals surface area contributed by atoms with Crippen molar-refractivity contribution in [1.82, 2.24) is 29.6 Å². The fourth-order valence-electron chi connectivity index (χ4n) is 6.06. The summed E-state index contributed by atoms with van der Waals surface area (Å²) in [7, 11) is 5.31. The lowest BCUT2D eigenvalue weighted by molar-refractivity contribution is 0.0600. The van der Waals surface area contributed by atoms with E-state index in [1.165, 1.54) is 65.7 Å². The molecule has 2 N–H and O–H groups in total. The van der Waals surface area contributed by atoms with Crippen molar-refractivity contribution in [3.63, 3.8) is 0 Å². The van der Waals surface area contributed by atoms with E-state index in [-0.39, 0.29) is 47.5 Å². The molecule has 2 aliphatic rings. The number of aromatic nitrogens is 2. The van der Waals surface area contributed by atoms with Gasteiger partial charge in [0.15, 0.2) is 5.78 Å². The molecular weight excluding hydrogens is 795 g/mol. The van der Waals surface area contributed by atoms with Gasteiger partial charge < -0.3 is 30.1 Å². The lowest BCUT2D eigenvalue weighted by atomic mass is 10.1. The van der Waals surface area contributed by atoms with Crippen LogP contribution in [0.15, 0.2) is 73.1 Å². The molecule has 0 atom stereocenters. The molecule has 2 aromatic carbocycles. The Hall–Kier alpha value is -5.26. The number of piperazine rings is 2. The smallest absolute Gasteiger partial charge is 0.339 e. The van der Waals surface area contributed by atoms with Crippen molar-refractivity contribution >= 4 is 58.4 Å². The highest BCUT2D eigenvalue weighted by Gasteiger charge is 2.28. The van der Waals surface area contributed by atoms with Crippen LogP contribution < -0.4 is 15.5 Å². The van der Waals surface area contributed by atoms with Crippen molar-refractivity contribution in [3.8, 4) is 0 Å². The predicted molar refractivity (Wildman–Crippen MR) is 217 cm³/mol. The summed E-state index contributed by atoms with van der Waals surface area (Å²) in [5, 5.41) is -0.122. The lowest BCUT2D eigenvalue weighted by Gasteiger charge is -2.36. The van der Waals surface area contributed by atoms with Gasteiger partial charge in [0.1, 0.15) is 11.6 Å². The van der Waals surface area contributed by atoms with Crippen LogP contribution in [-0.2, 0) is 17.8 Å². The van der Waals surface area contributed by atoms with Crippen molar-refractivity contribution in [1.29, 1.82) is 0 Å². The van der Waals surface area contributed by atoms with Crippen LogP contribution in [0, 0.1) is 11.6 Å². The third kappa shape index (κ3) is 11.4. The maximum absolute atomic E-state index is 13.6. The van der Waals surface area contributed by atoms with E-state index in [2.05, 4.69) is 24.5 Å². The van der Waals surface area contributed by atoms with E-state index < -0.39 is 17.6 Å². The van der Waals surface area contributed by atoms with Crippen LogP contribution in [0.2, 0.25) is 10.0 Å². The number of Topliss-reactive ketones (excluding diaryl/α,β-unsaturated/α-hetero) is 1. The highest BCUT2D eigenvalue weighted by Crippen LogP contribution is 2.27. The Kier molecular flexibility index (Phi) is 15.5. The highest BCUT2D eigenvalue weighted by molar-refractivity contribution is 6.31. The second-order valence-corrected chi connectivity index (χ2v) is 14.5. The van der Waals surface area contributed by atoms with Crippen LogP contribution in [0.4, 0.5) is 29.7 Å². The number of carbonyl (C=O) groups excluding carboxylic acids is 4. The molecule has 14 nitrogen and oxygen atoms in total. The van der Waals surface area contributed by atoms with E-state index in [1.54, 1.807) is 34.1 Å². The minimum Gasteiger partial charge on any atom is -0.465 e. The van der Waals surface area contributed by atoms with Gasteiger partial charge in [-0.1, -0.05) is 23.2 Å². The molecule has 4 amide bonds. The van der Waals surface area contributed by atoms with Crippen molar-refractivity contribution in [2.75, 3.05) is 89.9 Å². The number of ketones is 1. The molecule has 0 aliphatic carbocycles. The van der Waals surface area contributed by atoms with Gasteiger partial charge in [-0.2, -0.15) is 0 Å². The van der Waals surface area contributed by atoms with Crippen molar-refractivity contribution in [2.24, 2.45) is 5.73 Å². The first-order valence-electron chi connectivity index (χ1n) is 18.4. The number of hydrogen-bond donors (Lipinski definition) is 1. The maximum Gasteiger partial charge on any atom is 0.339 e. The Morgan fingerprint density at radius 2 is 1.09 bits per heavy atom. The average molecular weight is 841 g/mol. The van der Waals surface area contributed by atoms with Crippen molar-refractivity contribution in [2.45, 2.75) is 13.1 Å². The predicted octanol–water partition coefficient (Wildman–Crippen LogP) is 5.42. The number of nitrogens with two attached hydrogens (primary N) is 1. The Labute approximate surface area is 345 Å². The zero-order chi connectivity index (χ0) is 41.9. The van der Waals surface area contributed by atoms with Gasteiger partial charge in [-0.25, -0.2) is 23.2 Å². The van der Waals surface area contributed by atoms with Crippen LogP contribution in [0.25, 0.3) is 0 Å². The van der Waals surface area contributed by atoms with E-state index in [0.29, 0.717) is 60.1 Å². The lowest BCUT2D eigenvalue weighted by Crippen LogP contribution is -2.52. The zero-order valence-electron chi connectivity index (χ0n) is 32.4. The number of rotatable bonds is 9. The number of carbonyl (C=O) groups is 4. The number of hydrogen-bond acceptors (Lipinski definition) is 10. The molecule has 0 spiro atoms. The standard InChI is InChI=1S/C20H23ClFN5O2.C20H22ClFN4O3/c1-25-6-8-26(9-7-25)20(29)27(16-4-5-18(22)17(21)10-16)13-15-3-2-14(12-24-15)19(28)11-23;1-24-7-9-25(10-8-24)20(28)26(16-5-6-18(22)17(21)11-16)13-15-4-3-14(12-23-15)19(27)29-2/h2-5,10,12H,6-9,11,13,23H2,1H3;3-6,11-12H,7-10,13H2,1-2H3. The molecule has 2 aromatic heterocycles. The summed E-state index contributed by atoms with van der Waals surface area (Å²) in [5.41, 5.74) is 8.21. The fraction of sp³-hybridized carbons (Fsp3) is 0.350. The summed E-state index contributed by atoms with van der Waals surface area (Å²) < 4.78 is 31.9. The minimum atomic E-state index is -0.553. The first-order valence-corrected chi connectivity index (χ1v) is 19.1. The molecule has 18 heteroatoms. The van der Waals surface area contributed by atoms with Gasteiger partial charge in [0, 0.05) is 81.7 Å². The number of urea groups is 2. The molecule has 6 rings (SSSR count). The number of pyridine rings is 2. The van der Waals surface area contributed by atoms with Gasteiger partial charge in [-0.05, 0) is 74.8 Å². The molecule has 4 heterocycles. The molecule has 2 saturated heterocycles. The number of benzene rings is 2. The van der Waals surface area contributed by atoms with E-state index in [1.807, 2.05) is 14.1 Å². The zero-order valence-corrected chi connectivity index (χ0v) is 33.9. The number of halogens is 4. The molecule has 0 radical (unpaired) electrons. The molecule has 0 unspecified atom stereocenters. The summed E-state index contributed by atoms with van der Waals surface area (Å²) in [6.07, 6.45) is 2.85. The Bertz CT molecular complexity index is 1920. The summed E-state index contributed by atoms with van der Waals surface area (Å²) in [4.78, 5) is 69.1. The monoisotopic (exact) mass is 839 g/mol. The Morgan fingerprint density at radius 1 is 0.672 bits per heavy atom. The molecule has 2 fully saturated rings. The molecular formula is C40H45Cl2F2N9O5. The number of likely N-dealkylation sites (N-methyl/N-ethyl adjacent to an activating group) is 2. The topological polar surface area (TPSA) is 149 Å². The Morgan fingerprint density at radius 3 is 1.43 bits per heavy atom. The molecule has 2 aliphatic heterocycles. The van der Waals surface area contributed by atoms with E-state index in [9.17, 15) is 28.0 Å².